The Bertz CT molecular complexity index is 649. The molecular weight excluding hydrogens is 307 g/mol. The molecule has 0 heterocycles. The summed E-state index contributed by atoms with van der Waals surface area (Å²) in [5.41, 5.74) is 1.54. The first kappa shape index (κ1) is 17.9. The van der Waals surface area contributed by atoms with Crippen LogP contribution >= 0.6 is 0 Å². The van der Waals surface area contributed by atoms with Crippen molar-refractivity contribution in [3.05, 3.63) is 66.0 Å². The Hall–Kier alpha value is -2.40. The molecule has 2 aromatic carbocycles. The monoisotopic (exact) mass is 330 g/mol. The molecule has 0 fully saturated rings. The van der Waals surface area contributed by atoms with Crippen molar-refractivity contribution >= 4 is 11.6 Å². The van der Waals surface area contributed by atoms with Gasteiger partial charge in [0, 0.05) is 25.8 Å². The maximum absolute atomic E-state index is 13.1. The van der Waals surface area contributed by atoms with Gasteiger partial charge in [-0.2, -0.15) is 0 Å². The molecule has 4 nitrogen and oxygen atoms in total. The van der Waals surface area contributed by atoms with Crippen LogP contribution in [0.25, 0.3) is 0 Å². The van der Waals surface area contributed by atoms with Crippen LogP contribution in [0.1, 0.15) is 24.5 Å². The summed E-state index contributed by atoms with van der Waals surface area (Å²) >= 11 is 0. The van der Waals surface area contributed by atoms with E-state index in [9.17, 15) is 14.3 Å². The Kier molecular flexibility index (Phi) is 6.75. The average Bonchev–Trinajstić information content (AvgIpc) is 2.59. The number of aliphatic hydroxyl groups is 1. The number of aliphatic hydroxyl groups excluding tert-OH is 1. The quantitative estimate of drug-likeness (QED) is 0.732. The van der Waals surface area contributed by atoms with Crippen molar-refractivity contribution in [1.29, 1.82) is 0 Å². The molecular formula is C19H23FN2O2. The number of nitrogens with one attached hydrogen (secondary N) is 1. The summed E-state index contributed by atoms with van der Waals surface area (Å²) in [6, 6.07) is 15.7. The van der Waals surface area contributed by atoms with E-state index in [2.05, 4.69) is 10.2 Å². The standard InChI is InChI=1S/C19H23FN2O2/c1-22(17-9-3-2-4-10-17)12-6-11-21-19(24)14-18(23)15-7-5-8-16(20)13-15/h2-5,7-10,13,18,23H,6,11-12,14H2,1H3,(H,21,24). The summed E-state index contributed by atoms with van der Waals surface area (Å²) in [6.45, 7) is 1.35. The molecule has 128 valence electrons. The van der Waals surface area contributed by atoms with Gasteiger partial charge in [-0.25, -0.2) is 4.39 Å². The van der Waals surface area contributed by atoms with Crippen molar-refractivity contribution in [2.45, 2.75) is 18.9 Å². The van der Waals surface area contributed by atoms with Crippen LogP contribution in [-0.2, 0) is 4.79 Å². The van der Waals surface area contributed by atoms with E-state index in [0.717, 1.165) is 18.7 Å². The number of benzene rings is 2. The van der Waals surface area contributed by atoms with E-state index in [1.807, 2.05) is 37.4 Å². The predicted molar refractivity (Wildman–Crippen MR) is 93.3 cm³/mol. The Balaban J connectivity index is 1.68. The molecule has 5 heteroatoms. The molecule has 0 radical (unpaired) electrons. The van der Waals surface area contributed by atoms with E-state index in [1.165, 1.54) is 18.2 Å². The second-order valence-electron chi connectivity index (χ2n) is 5.74. The van der Waals surface area contributed by atoms with Crippen LogP contribution in [0.5, 0.6) is 0 Å². The van der Waals surface area contributed by atoms with E-state index in [0.29, 0.717) is 12.1 Å². The van der Waals surface area contributed by atoms with E-state index >= 15 is 0 Å². The Morgan fingerprint density at radius 1 is 1.21 bits per heavy atom. The maximum atomic E-state index is 13.1. The molecule has 0 saturated carbocycles. The van der Waals surface area contributed by atoms with Gasteiger partial charge >= 0.3 is 0 Å². The summed E-state index contributed by atoms with van der Waals surface area (Å²) in [5, 5.41) is 12.8. The van der Waals surface area contributed by atoms with Crippen LogP contribution in [0.15, 0.2) is 54.6 Å². The van der Waals surface area contributed by atoms with Gasteiger partial charge in [-0.15, -0.1) is 0 Å². The zero-order valence-corrected chi connectivity index (χ0v) is 13.8. The second kappa shape index (κ2) is 9.03. The smallest absolute Gasteiger partial charge is 0.222 e. The number of halogens is 1. The van der Waals surface area contributed by atoms with E-state index < -0.39 is 11.9 Å². The van der Waals surface area contributed by atoms with Gasteiger partial charge in [-0.1, -0.05) is 30.3 Å². The molecule has 2 N–H and O–H groups in total. The summed E-state index contributed by atoms with van der Waals surface area (Å²) in [4.78, 5) is 14.0. The normalized spacial score (nSPS) is 11.8. The molecule has 1 atom stereocenters. The van der Waals surface area contributed by atoms with Crippen molar-refractivity contribution < 1.29 is 14.3 Å². The largest absolute Gasteiger partial charge is 0.388 e. The lowest BCUT2D eigenvalue weighted by molar-refractivity contribution is -0.123. The highest BCUT2D eigenvalue weighted by Gasteiger charge is 2.13. The van der Waals surface area contributed by atoms with Gasteiger partial charge in [0.25, 0.3) is 0 Å². The van der Waals surface area contributed by atoms with Crippen LogP contribution in [0.2, 0.25) is 0 Å². The zero-order chi connectivity index (χ0) is 17.4. The molecule has 0 aromatic heterocycles. The van der Waals surface area contributed by atoms with Gasteiger partial charge in [0.05, 0.1) is 12.5 Å². The maximum Gasteiger partial charge on any atom is 0.222 e. The molecule has 0 aliphatic carbocycles. The fraction of sp³-hybridized carbons (Fsp3) is 0.316. The molecule has 0 spiro atoms. The molecule has 0 saturated heterocycles. The molecule has 24 heavy (non-hydrogen) atoms. The first-order valence-corrected chi connectivity index (χ1v) is 8.02. The Labute approximate surface area is 141 Å². The van der Waals surface area contributed by atoms with Gasteiger partial charge in [0.2, 0.25) is 5.91 Å². The summed E-state index contributed by atoms with van der Waals surface area (Å²) in [6.07, 6.45) is -0.266. The number of carbonyl (C=O) groups excluding carboxylic acids is 1. The highest BCUT2D eigenvalue weighted by atomic mass is 19.1. The summed E-state index contributed by atoms with van der Waals surface area (Å²) < 4.78 is 13.1. The molecule has 0 aliphatic rings. The fourth-order valence-corrected chi connectivity index (χ4v) is 2.44. The highest BCUT2D eigenvalue weighted by molar-refractivity contribution is 5.76. The van der Waals surface area contributed by atoms with E-state index in [4.69, 9.17) is 0 Å². The zero-order valence-electron chi connectivity index (χ0n) is 13.8. The van der Waals surface area contributed by atoms with Gasteiger partial charge in [-0.05, 0) is 36.2 Å². The first-order valence-electron chi connectivity index (χ1n) is 8.02. The fourth-order valence-electron chi connectivity index (χ4n) is 2.44. The van der Waals surface area contributed by atoms with E-state index in [-0.39, 0.29) is 12.3 Å². The van der Waals surface area contributed by atoms with Crippen LogP contribution in [0.4, 0.5) is 10.1 Å². The first-order chi connectivity index (χ1) is 11.6. The number of nitrogens with zero attached hydrogens (tertiary/aromatic N) is 1. The third-order valence-corrected chi connectivity index (χ3v) is 3.80. The average molecular weight is 330 g/mol. The van der Waals surface area contributed by atoms with Crippen LogP contribution in [-0.4, -0.2) is 31.2 Å². The number of rotatable bonds is 8. The molecule has 1 unspecified atom stereocenters. The number of hydrogen-bond acceptors (Lipinski definition) is 3. The van der Waals surface area contributed by atoms with Gasteiger partial charge in [0.1, 0.15) is 5.82 Å². The number of para-hydroxylation sites is 1. The number of carbonyl (C=O) groups is 1. The Morgan fingerprint density at radius 2 is 1.96 bits per heavy atom. The topological polar surface area (TPSA) is 52.6 Å². The van der Waals surface area contributed by atoms with Crippen molar-refractivity contribution in [1.82, 2.24) is 5.32 Å². The minimum absolute atomic E-state index is 0.0715. The predicted octanol–water partition coefficient (Wildman–Crippen LogP) is 2.89. The van der Waals surface area contributed by atoms with Crippen LogP contribution in [0, 0.1) is 5.82 Å². The van der Waals surface area contributed by atoms with Crippen LogP contribution in [0.3, 0.4) is 0 Å². The van der Waals surface area contributed by atoms with Crippen molar-refractivity contribution in [2.75, 3.05) is 25.0 Å². The number of hydrogen-bond donors (Lipinski definition) is 2. The lowest BCUT2D eigenvalue weighted by atomic mass is 10.1. The minimum Gasteiger partial charge on any atom is -0.388 e. The highest BCUT2D eigenvalue weighted by Crippen LogP contribution is 2.17. The molecule has 2 aromatic rings. The van der Waals surface area contributed by atoms with Crippen molar-refractivity contribution in [3.63, 3.8) is 0 Å². The summed E-state index contributed by atoms with van der Waals surface area (Å²) in [5.74, 6) is -0.662. The lowest BCUT2D eigenvalue weighted by Crippen LogP contribution is -2.29. The SMILES string of the molecule is CN(CCCNC(=O)CC(O)c1cccc(F)c1)c1ccccc1. The van der Waals surface area contributed by atoms with Crippen molar-refractivity contribution in [3.8, 4) is 0 Å². The third-order valence-electron chi connectivity index (χ3n) is 3.80. The summed E-state index contributed by atoms with van der Waals surface area (Å²) in [7, 11) is 2.00. The van der Waals surface area contributed by atoms with Crippen LogP contribution < -0.4 is 10.2 Å². The van der Waals surface area contributed by atoms with Crippen molar-refractivity contribution in [2.24, 2.45) is 0 Å². The number of amides is 1. The van der Waals surface area contributed by atoms with Gasteiger partial charge in [-0.3, -0.25) is 4.79 Å². The van der Waals surface area contributed by atoms with E-state index in [1.54, 1.807) is 6.07 Å². The van der Waals surface area contributed by atoms with Gasteiger partial charge in [0.15, 0.2) is 0 Å². The third kappa shape index (κ3) is 5.66. The second-order valence-corrected chi connectivity index (χ2v) is 5.74. The molecule has 0 bridgehead atoms. The molecule has 2 rings (SSSR count). The Morgan fingerprint density at radius 3 is 2.67 bits per heavy atom. The molecule has 0 aliphatic heterocycles. The van der Waals surface area contributed by atoms with Gasteiger partial charge < -0.3 is 15.3 Å². The minimum atomic E-state index is -0.993. The number of anilines is 1. The lowest BCUT2D eigenvalue weighted by Gasteiger charge is -2.19. The molecule has 1 amide bonds.